The van der Waals surface area contributed by atoms with Gasteiger partial charge in [0.1, 0.15) is 22.3 Å². The number of likely N-dealkylation sites (tertiary alicyclic amines) is 2. The molecule has 0 radical (unpaired) electrons. The Morgan fingerprint density at radius 2 is 1.27 bits per heavy atom. The first-order chi connectivity index (χ1) is 30.4. The summed E-state index contributed by atoms with van der Waals surface area (Å²) in [5.41, 5.74) is 4.99. The zero-order chi connectivity index (χ0) is 44.2. The number of urea groups is 2. The molecule has 0 bridgehead atoms. The second-order valence-electron chi connectivity index (χ2n) is 15.7. The van der Waals surface area contributed by atoms with Crippen LogP contribution in [0.4, 0.5) is 26.8 Å². The maximum atomic E-state index is 12.6. The predicted octanol–water partition coefficient (Wildman–Crippen LogP) is 8.18. The number of carbonyl (C=O) groups excluding carboxylic acids is 2. The first-order valence-electron chi connectivity index (χ1n) is 20.6. The van der Waals surface area contributed by atoms with Crippen molar-refractivity contribution in [2.45, 2.75) is 62.8 Å². The number of β-amino-alcohol motifs (C(OH)–C–C–N with tert-alkyl or cyclic N) is 2. The topological polar surface area (TPSA) is 181 Å². The molecule has 2 unspecified atom stereocenters. The molecule has 6 aromatic rings. The number of aromatic nitrogens is 6. The molecule has 4 aliphatic heterocycles. The average Bonchev–Trinajstić information content (AvgIpc) is 4.14. The Hall–Kier alpha value is -2.89. The molecule has 16 nitrogen and oxygen atoms in total. The van der Waals surface area contributed by atoms with Gasteiger partial charge in [-0.15, -0.1) is 0 Å². The summed E-state index contributed by atoms with van der Waals surface area (Å²) in [6.07, 6.45) is 11.8. The van der Waals surface area contributed by atoms with Gasteiger partial charge in [-0.1, -0.05) is 11.6 Å². The first kappa shape index (κ1) is 46.6. The summed E-state index contributed by atoms with van der Waals surface area (Å²) >= 11 is 15.4. The van der Waals surface area contributed by atoms with Gasteiger partial charge in [-0.3, -0.25) is 0 Å². The SMILES string of the molecule is Ic1ccc(I)c(C2CCCN2)c1.O=C(Nc1cnn2ccc(Cl)nc12)N1CC[C@H](O)C1.O=C(Nc1cnn2ccc(N3CCCC3c3cc(I)ccc3I)nc12)N1CC[C@H](O)C1. The number of benzene rings is 2. The number of hydrogen-bond acceptors (Lipinski definition) is 10. The third-order valence-electron chi connectivity index (χ3n) is 11.3. The number of hydrogen-bond donors (Lipinski definition) is 5. The highest BCUT2D eigenvalue weighted by atomic mass is 127. The van der Waals surface area contributed by atoms with Crippen LogP contribution in [0.1, 0.15) is 61.7 Å². The van der Waals surface area contributed by atoms with Crippen molar-refractivity contribution in [3.63, 3.8) is 0 Å². The molecule has 332 valence electrons. The monoisotopic (exact) mass is 1320 g/mol. The summed E-state index contributed by atoms with van der Waals surface area (Å²) in [7, 11) is 0. The quantitative estimate of drug-likeness (QED) is 0.0835. The number of aliphatic hydroxyl groups excluding tert-OH is 2. The minimum Gasteiger partial charge on any atom is -0.391 e. The van der Waals surface area contributed by atoms with Crippen LogP contribution in [0, 0.1) is 14.3 Å². The Kier molecular flexibility index (Phi) is 15.7. The number of nitrogens with zero attached hydrogens (tertiary/aromatic N) is 9. The number of carbonyl (C=O) groups is 2. The van der Waals surface area contributed by atoms with E-state index in [9.17, 15) is 19.8 Å². The van der Waals surface area contributed by atoms with Crippen LogP contribution in [0.3, 0.4) is 0 Å². The molecule has 4 amide bonds. The smallest absolute Gasteiger partial charge is 0.322 e. The largest absolute Gasteiger partial charge is 0.391 e. The van der Waals surface area contributed by atoms with Gasteiger partial charge in [0, 0.05) is 65.4 Å². The highest BCUT2D eigenvalue weighted by Crippen LogP contribution is 2.38. The molecule has 4 atom stereocenters. The van der Waals surface area contributed by atoms with E-state index in [2.05, 4.69) is 163 Å². The summed E-state index contributed by atoms with van der Waals surface area (Å²) in [6, 6.07) is 17.2. The third kappa shape index (κ3) is 11.4. The van der Waals surface area contributed by atoms with Gasteiger partial charge in [-0.05, 0) is 195 Å². The van der Waals surface area contributed by atoms with Crippen molar-refractivity contribution >= 4 is 143 Å². The van der Waals surface area contributed by atoms with Gasteiger partial charge < -0.3 is 40.9 Å². The molecule has 4 saturated heterocycles. The Morgan fingerprint density at radius 1 is 0.698 bits per heavy atom. The van der Waals surface area contributed by atoms with Crippen molar-refractivity contribution in [1.82, 2.24) is 44.3 Å². The van der Waals surface area contributed by atoms with Crippen LogP contribution < -0.4 is 20.9 Å². The maximum absolute atomic E-state index is 12.6. The minimum atomic E-state index is -0.449. The summed E-state index contributed by atoms with van der Waals surface area (Å²) < 4.78 is 8.43. The number of aliphatic hydroxyl groups is 2. The lowest BCUT2D eigenvalue weighted by Crippen LogP contribution is -2.33. The van der Waals surface area contributed by atoms with Crippen molar-refractivity contribution in [3.8, 4) is 0 Å². The van der Waals surface area contributed by atoms with E-state index in [-0.39, 0.29) is 18.1 Å². The molecule has 0 aliphatic carbocycles. The molecule has 4 aliphatic rings. The van der Waals surface area contributed by atoms with Crippen LogP contribution in [0.25, 0.3) is 11.3 Å². The van der Waals surface area contributed by atoms with E-state index in [0.717, 1.165) is 25.2 Å². The van der Waals surface area contributed by atoms with E-state index in [1.165, 1.54) is 55.5 Å². The van der Waals surface area contributed by atoms with Crippen molar-refractivity contribution < 1.29 is 19.8 Å². The summed E-state index contributed by atoms with van der Waals surface area (Å²) in [6.45, 7) is 3.91. The number of nitrogens with one attached hydrogen (secondary N) is 3. The predicted molar refractivity (Wildman–Crippen MR) is 276 cm³/mol. The van der Waals surface area contributed by atoms with E-state index in [0.29, 0.717) is 72.9 Å². The number of fused-ring (bicyclic) bond motifs is 2. The van der Waals surface area contributed by atoms with E-state index < -0.39 is 12.2 Å². The molecule has 4 aromatic heterocycles. The normalized spacial score (nSPS) is 20.8. The fraction of sp³-hybridized carbons (Fsp3) is 0.381. The molecule has 63 heavy (non-hydrogen) atoms. The molecular weight excluding hydrogens is 1280 g/mol. The van der Waals surface area contributed by atoms with Gasteiger partial charge in [0.25, 0.3) is 0 Å². The zero-order valence-electron chi connectivity index (χ0n) is 33.8. The lowest BCUT2D eigenvalue weighted by atomic mass is 10.0. The second kappa shape index (κ2) is 21.2. The van der Waals surface area contributed by atoms with E-state index in [1.807, 2.05) is 12.3 Å². The van der Waals surface area contributed by atoms with E-state index >= 15 is 0 Å². The minimum absolute atomic E-state index is 0.230. The molecule has 8 heterocycles. The Balaban J connectivity index is 0.000000144. The zero-order valence-corrected chi connectivity index (χ0v) is 43.2. The maximum Gasteiger partial charge on any atom is 0.322 e. The molecule has 10 rings (SSSR count). The fourth-order valence-corrected chi connectivity index (χ4v) is 10.7. The van der Waals surface area contributed by atoms with Crippen molar-refractivity contribution in [2.24, 2.45) is 0 Å². The van der Waals surface area contributed by atoms with Gasteiger partial charge >= 0.3 is 12.1 Å². The van der Waals surface area contributed by atoms with Crippen LogP contribution in [0.15, 0.2) is 73.3 Å². The first-order valence-corrected chi connectivity index (χ1v) is 25.3. The summed E-state index contributed by atoms with van der Waals surface area (Å²) in [5.74, 6) is 0.886. The van der Waals surface area contributed by atoms with Gasteiger partial charge in [0.2, 0.25) is 0 Å². The van der Waals surface area contributed by atoms with Crippen LogP contribution >= 0.6 is 102 Å². The summed E-state index contributed by atoms with van der Waals surface area (Å²) in [4.78, 5) is 39.1. The number of halogens is 5. The van der Waals surface area contributed by atoms with Gasteiger partial charge in [-0.25, -0.2) is 28.6 Å². The standard InChI is InChI=1S/C21H22I2N6O2.C11H12ClN5O2.C10H11I2N/c22-13-3-4-16(23)15(10-13)18-2-1-7-28(18)19-6-9-29-20(26-19)17(11-24-29)25-21(31)27-8-5-14(30)12-27;12-9-2-4-17-10(15-9)8(5-13-17)14-11(19)16-3-1-7(18)6-16;11-7-3-4-9(12)8(6-7)10-2-1-5-13-10/h3-4,6,9-11,14,18,30H,1-2,5,7-8,12H2,(H,25,31);2,4-5,7,18H,1,3,6H2,(H,14,19);3-4,6,10,13H,1-2,5H2/t14-,18?;7-;/m00./s1. The molecule has 21 heteroatoms. The molecular formula is C42H45ClI4N12O4. The average molecular weight is 1320 g/mol. The molecule has 0 spiro atoms. The molecule has 0 saturated carbocycles. The van der Waals surface area contributed by atoms with Crippen LogP contribution in [0.5, 0.6) is 0 Å². The fourth-order valence-electron chi connectivity index (χ4n) is 8.15. The number of rotatable bonds is 5. The van der Waals surface area contributed by atoms with Gasteiger partial charge in [0.15, 0.2) is 11.3 Å². The lowest BCUT2D eigenvalue weighted by Gasteiger charge is -2.27. The Labute approximate surface area is 423 Å². The van der Waals surface area contributed by atoms with E-state index in [1.54, 1.807) is 32.8 Å². The third-order valence-corrected chi connectivity index (χ3v) is 14.8. The van der Waals surface area contributed by atoms with E-state index in [4.69, 9.17) is 16.6 Å². The van der Waals surface area contributed by atoms with Crippen LogP contribution in [-0.4, -0.2) is 113 Å². The number of amides is 4. The van der Waals surface area contributed by atoms with Crippen molar-refractivity contribution in [2.75, 3.05) is 54.8 Å². The lowest BCUT2D eigenvalue weighted by molar-refractivity contribution is 0.176. The number of anilines is 3. The van der Waals surface area contributed by atoms with Gasteiger partial charge in [0.05, 0.1) is 30.6 Å². The Morgan fingerprint density at radius 3 is 1.84 bits per heavy atom. The van der Waals surface area contributed by atoms with Crippen molar-refractivity contribution in [1.29, 1.82) is 0 Å². The van der Waals surface area contributed by atoms with Crippen molar-refractivity contribution in [3.05, 3.63) is 104 Å². The van der Waals surface area contributed by atoms with Crippen LogP contribution in [0.2, 0.25) is 5.15 Å². The van der Waals surface area contributed by atoms with Gasteiger partial charge in [-0.2, -0.15) is 10.2 Å². The molecule has 2 aromatic carbocycles. The van der Waals surface area contributed by atoms with Crippen LogP contribution in [-0.2, 0) is 0 Å². The Bertz CT molecular complexity index is 2590. The second-order valence-corrected chi connectivity index (χ2v) is 20.9. The summed E-state index contributed by atoms with van der Waals surface area (Å²) in [5, 5.41) is 37.0. The highest BCUT2D eigenvalue weighted by Gasteiger charge is 2.30. The highest BCUT2D eigenvalue weighted by molar-refractivity contribution is 14.1. The molecule has 5 N–H and O–H groups in total. The molecule has 4 fully saturated rings.